The van der Waals surface area contributed by atoms with Crippen molar-refractivity contribution in [1.82, 2.24) is 9.88 Å². The van der Waals surface area contributed by atoms with Crippen LogP contribution >= 0.6 is 35.3 Å². The average molecular weight is 378 g/mol. The van der Waals surface area contributed by atoms with Gasteiger partial charge in [0.25, 0.3) is 0 Å². The topological polar surface area (TPSA) is 45.2 Å². The minimum absolute atomic E-state index is 0.0341. The molecule has 0 unspecified atom stereocenters. The molecule has 0 saturated carbocycles. The van der Waals surface area contributed by atoms with Crippen molar-refractivity contribution in [3.05, 3.63) is 34.7 Å². The molecular formula is C17H19N3OS3. The highest BCUT2D eigenvalue weighted by Gasteiger charge is 2.16. The predicted octanol–water partition coefficient (Wildman–Crippen LogP) is 4.17. The van der Waals surface area contributed by atoms with Gasteiger partial charge in [0.15, 0.2) is 0 Å². The van der Waals surface area contributed by atoms with Gasteiger partial charge in [0, 0.05) is 29.7 Å². The number of nitrogens with one attached hydrogen (secondary N) is 1. The molecule has 0 atom stereocenters. The van der Waals surface area contributed by atoms with E-state index in [4.69, 9.17) is 12.2 Å². The normalized spacial score (nSPS) is 14.0. The van der Waals surface area contributed by atoms with Crippen LogP contribution in [0.3, 0.4) is 0 Å². The molecule has 1 aliphatic rings. The van der Waals surface area contributed by atoms with Gasteiger partial charge in [0.1, 0.15) is 4.32 Å². The standard InChI is InChI=1S/C17H19N3OS3/c1-12-18-15(10-23-12)13-5-4-6-14(9-13)19-16(21)11-24-17(22)20-7-2-3-8-20/h4-6,9-10H,2-3,7-8,11H2,1H3,(H,19,21). The van der Waals surface area contributed by atoms with E-state index in [0.717, 1.165) is 39.4 Å². The van der Waals surface area contributed by atoms with Gasteiger partial charge in [-0.3, -0.25) is 4.79 Å². The van der Waals surface area contributed by atoms with Gasteiger partial charge < -0.3 is 10.2 Å². The molecule has 1 fully saturated rings. The summed E-state index contributed by atoms with van der Waals surface area (Å²) in [6.07, 6.45) is 2.38. The first-order valence-corrected chi connectivity index (χ1v) is 10.1. The third kappa shape index (κ3) is 4.55. The molecule has 1 aromatic carbocycles. The monoisotopic (exact) mass is 377 g/mol. The van der Waals surface area contributed by atoms with Crippen molar-refractivity contribution in [1.29, 1.82) is 0 Å². The van der Waals surface area contributed by atoms with E-state index < -0.39 is 0 Å². The smallest absolute Gasteiger partial charge is 0.234 e. The van der Waals surface area contributed by atoms with E-state index in [2.05, 4.69) is 15.2 Å². The van der Waals surface area contributed by atoms with Crippen LogP contribution < -0.4 is 5.32 Å². The SMILES string of the molecule is Cc1nc(-c2cccc(NC(=O)CSC(=S)N3CCCC3)c2)cs1. The molecule has 2 aromatic rings. The van der Waals surface area contributed by atoms with Gasteiger partial charge in [-0.05, 0) is 31.9 Å². The zero-order chi connectivity index (χ0) is 16.9. The van der Waals surface area contributed by atoms with Gasteiger partial charge in [-0.2, -0.15) is 0 Å². The Balaban J connectivity index is 1.55. The lowest BCUT2D eigenvalue weighted by molar-refractivity contribution is -0.113. The molecule has 1 aromatic heterocycles. The van der Waals surface area contributed by atoms with E-state index in [0.29, 0.717) is 5.75 Å². The van der Waals surface area contributed by atoms with Crippen molar-refractivity contribution in [3.8, 4) is 11.3 Å². The number of likely N-dealkylation sites (tertiary alicyclic amines) is 1. The van der Waals surface area contributed by atoms with E-state index in [1.807, 2.05) is 36.6 Å². The van der Waals surface area contributed by atoms with Crippen LogP contribution in [0.2, 0.25) is 0 Å². The molecule has 1 amide bonds. The molecule has 0 bridgehead atoms. The Bertz CT molecular complexity index is 738. The number of amides is 1. The van der Waals surface area contributed by atoms with Crippen LogP contribution in [0.1, 0.15) is 17.8 Å². The number of hydrogen-bond acceptors (Lipinski definition) is 5. The number of carbonyl (C=O) groups excluding carboxylic acids is 1. The summed E-state index contributed by atoms with van der Waals surface area (Å²) in [7, 11) is 0. The number of benzene rings is 1. The first-order valence-electron chi connectivity index (χ1n) is 7.86. The van der Waals surface area contributed by atoms with Crippen molar-refractivity contribution in [2.24, 2.45) is 0 Å². The molecule has 3 rings (SSSR count). The maximum atomic E-state index is 12.2. The van der Waals surface area contributed by atoms with Gasteiger partial charge in [0.2, 0.25) is 5.91 Å². The molecule has 126 valence electrons. The first kappa shape index (κ1) is 17.4. The molecule has 4 nitrogen and oxygen atoms in total. The number of thiazole rings is 1. The Hall–Kier alpha value is -1.44. The summed E-state index contributed by atoms with van der Waals surface area (Å²) >= 11 is 8.45. The van der Waals surface area contributed by atoms with E-state index in [1.54, 1.807) is 11.3 Å². The molecule has 1 saturated heterocycles. The molecule has 0 radical (unpaired) electrons. The lowest BCUT2D eigenvalue weighted by Crippen LogP contribution is -2.25. The molecule has 7 heteroatoms. The zero-order valence-electron chi connectivity index (χ0n) is 13.4. The number of carbonyl (C=O) groups is 1. The van der Waals surface area contributed by atoms with Crippen molar-refractivity contribution < 1.29 is 4.79 Å². The van der Waals surface area contributed by atoms with Crippen molar-refractivity contribution >= 4 is 51.2 Å². The van der Waals surface area contributed by atoms with Gasteiger partial charge in [-0.25, -0.2) is 4.98 Å². The molecule has 0 aliphatic carbocycles. The average Bonchev–Trinajstić information content (AvgIpc) is 3.24. The summed E-state index contributed by atoms with van der Waals surface area (Å²) < 4.78 is 0.828. The Labute approximate surface area is 155 Å². The van der Waals surface area contributed by atoms with E-state index in [-0.39, 0.29) is 5.91 Å². The second kappa shape index (κ2) is 8.09. The maximum absolute atomic E-state index is 12.2. The predicted molar refractivity (Wildman–Crippen MR) is 107 cm³/mol. The van der Waals surface area contributed by atoms with Crippen LogP contribution in [0, 0.1) is 6.92 Å². The Kier molecular flexibility index (Phi) is 5.86. The van der Waals surface area contributed by atoms with E-state index in [1.165, 1.54) is 24.6 Å². The summed E-state index contributed by atoms with van der Waals surface area (Å²) in [6.45, 7) is 4.02. The molecule has 1 aliphatic heterocycles. The number of aryl methyl sites for hydroxylation is 1. The fourth-order valence-corrected chi connectivity index (χ4v) is 4.24. The first-order chi connectivity index (χ1) is 11.6. The van der Waals surface area contributed by atoms with E-state index in [9.17, 15) is 4.79 Å². The minimum atomic E-state index is -0.0341. The second-order valence-electron chi connectivity index (χ2n) is 5.63. The molecular weight excluding hydrogens is 358 g/mol. The lowest BCUT2D eigenvalue weighted by Gasteiger charge is -2.17. The lowest BCUT2D eigenvalue weighted by atomic mass is 10.1. The quantitative estimate of drug-likeness (QED) is 0.810. The number of rotatable bonds is 4. The summed E-state index contributed by atoms with van der Waals surface area (Å²) in [4.78, 5) is 18.8. The highest BCUT2D eigenvalue weighted by molar-refractivity contribution is 8.23. The minimum Gasteiger partial charge on any atom is -0.358 e. The number of thiocarbonyl (C=S) groups is 1. The van der Waals surface area contributed by atoms with Crippen LogP contribution in [0.25, 0.3) is 11.3 Å². The van der Waals surface area contributed by atoms with Crippen molar-refractivity contribution in [2.75, 3.05) is 24.2 Å². The number of aromatic nitrogens is 1. The van der Waals surface area contributed by atoms with Gasteiger partial charge in [0.05, 0.1) is 16.5 Å². The Morgan fingerprint density at radius 2 is 2.21 bits per heavy atom. The maximum Gasteiger partial charge on any atom is 0.234 e. The number of nitrogens with zero attached hydrogens (tertiary/aromatic N) is 2. The Morgan fingerprint density at radius 1 is 1.42 bits per heavy atom. The largest absolute Gasteiger partial charge is 0.358 e. The molecule has 0 spiro atoms. The Morgan fingerprint density at radius 3 is 2.92 bits per heavy atom. The fraction of sp³-hybridized carbons (Fsp3) is 0.353. The van der Waals surface area contributed by atoms with Crippen molar-refractivity contribution in [3.63, 3.8) is 0 Å². The molecule has 2 heterocycles. The summed E-state index contributed by atoms with van der Waals surface area (Å²) in [5.41, 5.74) is 2.74. The third-order valence-electron chi connectivity index (χ3n) is 3.75. The summed E-state index contributed by atoms with van der Waals surface area (Å²) in [5, 5.41) is 6.00. The second-order valence-corrected chi connectivity index (χ2v) is 8.30. The summed E-state index contributed by atoms with van der Waals surface area (Å²) in [5.74, 6) is 0.309. The summed E-state index contributed by atoms with van der Waals surface area (Å²) in [6, 6.07) is 7.78. The highest BCUT2D eigenvalue weighted by atomic mass is 32.2. The van der Waals surface area contributed by atoms with Crippen LogP contribution in [0.15, 0.2) is 29.6 Å². The van der Waals surface area contributed by atoms with Crippen molar-refractivity contribution in [2.45, 2.75) is 19.8 Å². The fourth-order valence-electron chi connectivity index (χ4n) is 2.57. The van der Waals surface area contributed by atoms with Gasteiger partial charge >= 0.3 is 0 Å². The molecule has 1 N–H and O–H groups in total. The molecule has 24 heavy (non-hydrogen) atoms. The van der Waals surface area contributed by atoms with Crippen LogP contribution in [-0.4, -0.2) is 39.0 Å². The van der Waals surface area contributed by atoms with Crippen LogP contribution in [-0.2, 0) is 4.79 Å². The number of hydrogen-bond donors (Lipinski definition) is 1. The van der Waals surface area contributed by atoms with E-state index >= 15 is 0 Å². The number of anilines is 1. The van der Waals surface area contributed by atoms with Crippen LogP contribution in [0.4, 0.5) is 5.69 Å². The number of thioether (sulfide) groups is 1. The third-order valence-corrected chi connectivity index (χ3v) is 6.05. The zero-order valence-corrected chi connectivity index (χ0v) is 15.9. The van der Waals surface area contributed by atoms with Crippen LogP contribution in [0.5, 0.6) is 0 Å². The highest BCUT2D eigenvalue weighted by Crippen LogP contribution is 2.24. The van der Waals surface area contributed by atoms with Gasteiger partial charge in [-0.1, -0.05) is 36.1 Å². The van der Waals surface area contributed by atoms with Gasteiger partial charge in [-0.15, -0.1) is 11.3 Å².